The highest BCUT2D eigenvalue weighted by Crippen LogP contribution is 2.26. The number of nitrogens with zero attached hydrogens (tertiary/aromatic N) is 1. The molecule has 2 aromatic carbocycles. The molecule has 0 atom stereocenters. The van der Waals surface area contributed by atoms with Crippen molar-refractivity contribution < 1.29 is 9.53 Å². The van der Waals surface area contributed by atoms with Gasteiger partial charge in [0.25, 0.3) is 0 Å². The maximum Gasteiger partial charge on any atom is 0.151 e. The second-order valence-electron chi connectivity index (χ2n) is 4.63. The molecule has 0 aliphatic carbocycles. The molecular formula is C18H17ClN2O2. The van der Waals surface area contributed by atoms with Gasteiger partial charge < -0.3 is 10.5 Å². The van der Waals surface area contributed by atoms with Crippen molar-refractivity contribution in [2.24, 2.45) is 0 Å². The van der Waals surface area contributed by atoms with E-state index in [0.717, 1.165) is 16.6 Å². The molecule has 1 aromatic heterocycles. The van der Waals surface area contributed by atoms with Crippen LogP contribution in [0.25, 0.3) is 10.9 Å². The molecule has 0 aliphatic heterocycles. The average molecular weight is 329 g/mol. The molecule has 118 valence electrons. The standard InChI is InChI=1S/C9H9ClO2.C9H8N2/c1-2-12-8-5-3-4-7(6-11)9(8)10;10-8-5-6-11-9-4-2-1-3-7(8)9/h3-6H,2H2,1H3;1-6H,(H2,10,11). The van der Waals surface area contributed by atoms with E-state index in [9.17, 15) is 4.79 Å². The maximum absolute atomic E-state index is 10.4. The molecule has 0 aliphatic rings. The van der Waals surface area contributed by atoms with Crippen LogP contribution in [0.15, 0.2) is 54.7 Å². The van der Waals surface area contributed by atoms with Gasteiger partial charge in [0, 0.05) is 22.8 Å². The molecule has 2 N–H and O–H groups in total. The summed E-state index contributed by atoms with van der Waals surface area (Å²) in [5, 5.41) is 1.41. The van der Waals surface area contributed by atoms with E-state index < -0.39 is 0 Å². The Morgan fingerprint density at radius 1 is 1.17 bits per heavy atom. The minimum absolute atomic E-state index is 0.384. The van der Waals surface area contributed by atoms with Gasteiger partial charge in [-0.2, -0.15) is 0 Å². The molecule has 1 heterocycles. The van der Waals surface area contributed by atoms with E-state index in [1.54, 1.807) is 24.4 Å². The third-order valence-corrected chi connectivity index (χ3v) is 3.51. The van der Waals surface area contributed by atoms with Gasteiger partial charge in [0.15, 0.2) is 6.29 Å². The first-order chi connectivity index (χ1) is 11.2. The zero-order chi connectivity index (χ0) is 16.7. The number of aldehydes is 1. The summed E-state index contributed by atoms with van der Waals surface area (Å²) in [6.07, 6.45) is 2.43. The van der Waals surface area contributed by atoms with E-state index in [-0.39, 0.29) is 0 Å². The summed E-state index contributed by atoms with van der Waals surface area (Å²) in [7, 11) is 0. The first kappa shape index (κ1) is 16.8. The van der Waals surface area contributed by atoms with Crippen LogP contribution in [0.1, 0.15) is 17.3 Å². The van der Waals surface area contributed by atoms with E-state index in [0.29, 0.717) is 29.2 Å². The second-order valence-corrected chi connectivity index (χ2v) is 5.01. The molecule has 0 radical (unpaired) electrons. The number of pyridine rings is 1. The van der Waals surface area contributed by atoms with Crippen LogP contribution < -0.4 is 10.5 Å². The molecule has 0 saturated carbocycles. The largest absolute Gasteiger partial charge is 0.492 e. The van der Waals surface area contributed by atoms with Crippen molar-refractivity contribution in [2.45, 2.75) is 6.92 Å². The fraction of sp³-hybridized carbons (Fsp3) is 0.111. The number of carbonyl (C=O) groups is 1. The van der Waals surface area contributed by atoms with Crippen LogP contribution in [-0.2, 0) is 0 Å². The lowest BCUT2D eigenvalue weighted by Gasteiger charge is -2.05. The summed E-state index contributed by atoms with van der Waals surface area (Å²) in [5.41, 5.74) is 7.92. The van der Waals surface area contributed by atoms with Crippen LogP contribution in [-0.4, -0.2) is 17.9 Å². The predicted molar refractivity (Wildman–Crippen MR) is 94.2 cm³/mol. The van der Waals surface area contributed by atoms with Crippen molar-refractivity contribution in [3.63, 3.8) is 0 Å². The third kappa shape index (κ3) is 4.20. The number of aromatic nitrogens is 1. The van der Waals surface area contributed by atoms with Gasteiger partial charge in [0.05, 0.1) is 17.1 Å². The normalized spacial score (nSPS) is 9.83. The number of para-hydroxylation sites is 1. The van der Waals surface area contributed by atoms with Gasteiger partial charge >= 0.3 is 0 Å². The number of nitrogen functional groups attached to an aromatic ring is 1. The third-order valence-electron chi connectivity index (χ3n) is 3.10. The average Bonchev–Trinajstić information content (AvgIpc) is 2.58. The molecule has 23 heavy (non-hydrogen) atoms. The molecular weight excluding hydrogens is 312 g/mol. The highest BCUT2D eigenvalue weighted by atomic mass is 35.5. The fourth-order valence-corrected chi connectivity index (χ4v) is 2.23. The Morgan fingerprint density at radius 3 is 2.65 bits per heavy atom. The van der Waals surface area contributed by atoms with Crippen LogP contribution in [0.2, 0.25) is 5.02 Å². The van der Waals surface area contributed by atoms with Gasteiger partial charge in [-0.3, -0.25) is 9.78 Å². The minimum Gasteiger partial charge on any atom is -0.492 e. The molecule has 3 aromatic rings. The quantitative estimate of drug-likeness (QED) is 0.725. The van der Waals surface area contributed by atoms with Crippen molar-refractivity contribution in [3.05, 3.63) is 65.3 Å². The number of halogens is 1. The minimum atomic E-state index is 0.384. The molecule has 0 spiro atoms. The number of hydrogen-bond acceptors (Lipinski definition) is 4. The van der Waals surface area contributed by atoms with Crippen molar-refractivity contribution in [3.8, 4) is 5.75 Å². The number of fused-ring (bicyclic) bond motifs is 1. The van der Waals surface area contributed by atoms with Crippen LogP contribution in [0.4, 0.5) is 5.69 Å². The molecule has 0 unspecified atom stereocenters. The molecule has 3 rings (SSSR count). The van der Waals surface area contributed by atoms with Crippen LogP contribution in [0.5, 0.6) is 5.75 Å². The zero-order valence-electron chi connectivity index (χ0n) is 12.7. The number of anilines is 1. The number of hydrogen-bond donors (Lipinski definition) is 1. The molecule has 0 saturated heterocycles. The van der Waals surface area contributed by atoms with Crippen molar-refractivity contribution in [1.82, 2.24) is 4.98 Å². The highest BCUT2D eigenvalue weighted by Gasteiger charge is 2.04. The summed E-state index contributed by atoms with van der Waals surface area (Å²) in [5.74, 6) is 0.559. The topological polar surface area (TPSA) is 65.2 Å². The Bertz CT molecular complexity index is 801. The van der Waals surface area contributed by atoms with Gasteiger partial charge in [-0.1, -0.05) is 35.9 Å². The van der Waals surface area contributed by atoms with Gasteiger partial charge in [0.1, 0.15) is 5.75 Å². The summed E-state index contributed by atoms with van der Waals surface area (Å²) in [6.45, 7) is 2.41. The monoisotopic (exact) mass is 328 g/mol. The van der Waals surface area contributed by atoms with E-state index in [1.807, 2.05) is 37.3 Å². The Hall–Kier alpha value is -2.59. The van der Waals surface area contributed by atoms with Crippen molar-refractivity contribution in [1.29, 1.82) is 0 Å². The smallest absolute Gasteiger partial charge is 0.151 e. The number of rotatable bonds is 3. The second kappa shape index (κ2) is 8.15. The Morgan fingerprint density at radius 2 is 1.96 bits per heavy atom. The van der Waals surface area contributed by atoms with Gasteiger partial charge in [-0.15, -0.1) is 0 Å². The SMILES string of the molecule is CCOc1cccc(C=O)c1Cl.Nc1ccnc2ccccc12. The highest BCUT2D eigenvalue weighted by molar-refractivity contribution is 6.34. The lowest BCUT2D eigenvalue weighted by atomic mass is 10.2. The van der Waals surface area contributed by atoms with Gasteiger partial charge in [0.2, 0.25) is 0 Å². The summed E-state index contributed by atoms with van der Waals surface area (Å²) < 4.78 is 5.19. The summed E-state index contributed by atoms with van der Waals surface area (Å²) in [4.78, 5) is 14.6. The summed E-state index contributed by atoms with van der Waals surface area (Å²) in [6, 6.07) is 14.8. The number of carbonyl (C=O) groups excluding carboxylic acids is 1. The van der Waals surface area contributed by atoms with Gasteiger partial charge in [-0.05, 0) is 31.2 Å². The lowest BCUT2D eigenvalue weighted by Crippen LogP contribution is -1.93. The Kier molecular flexibility index (Phi) is 5.94. The van der Waals surface area contributed by atoms with Crippen molar-refractivity contribution in [2.75, 3.05) is 12.3 Å². The Labute approximate surface area is 139 Å². The first-order valence-electron chi connectivity index (χ1n) is 7.13. The zero-order valence-corrected chi connectivity index (χ0v) is 13.5. The Balaban J connectivity index is 0.000000167. The molecule has 0 fully saturated rings. The molecule has 5 heteroatoms. The van der Waals surface area contributed by atoms with E-state index in [4.69, 9.17) is 22.1 Å². The number of ether oxygens (including phenoxy) is 1. The van der Waals surface area contributed by atoms with Crippen LogP contribution in [0, 0.1) is 0 Å². The van der Waals surface area contributed by atoms with Crippen molar-refractivity contribution >= 4 is 34.5 Å². The summed E-state index contributed by atoms with van der Waals surface area (Å²) >= 11 is 5.83. The molecule has 0 amide bonds. The molecule has 4 nitrogen and oxygen atoms in total. The molecule has 0 bridgehead atoms. The van der Waals surface area contributed by atoms with E-state index >= 15 is 0 Å². The van der Waals surface area contributed by atoms with Gasteiger partial charge in [-0.25, -0.2) is 0 Å². The van der Waals surface area contributed by atoms with E-state index in [2.05, 4.69) is 4.98 Å². The number of benzene rings is 2. The lowest BCUT2D eigenvalue weighted by molar-refractivity contribution is 0.112. The number of nitrogens with two attached hydrogens (primary N) is 1. The fourth-order valence-electron chi connectivity index (χ4n) is 2.00. The van der Waals surface area contributed by atoms with Crippen LogP contribution in [0.3, 0.4) is 0 Å². The van der Waals surface area contributed by atoms with Crippen LogP contribution >= 0.6 is 11.6 Å². The van der Waals surface area contributed by atoms with E-state index in [1.165, 1.54) is 0 Å². The predicted octanol–water partition coefficient (Wildman–Crippen LogP) is 4.37. The first-order valence-corrected chi connectivity index (χ1v) is 7.51. The maximum atomic E-state index is 10.4.